The molecule has 72 valence electrons. The Hall–Kier alpha value is -0.770. The maximum atomic E-state index is 5.35. The number of rotatable bonds is 4. The summed E-state index contributed by atoms with van der Waals surface area (Å²) in [7, 11) is 0. The summed E-state index contributed by atoms with van der Waals surface area (Å²) >= 11 is 3.32. The minimum Gasteiger partial charge on any atom is -0.488 e. The Kier molecular flexibility index (Phi) is 4.02. The van der Waals surface area contributed by atoms with Crippen molar-refractivity contribution in [3.63, 3.8) is 0 Å². The van der Waals surface area contributed by atoms with Crippen molar-refractivity contribution in [3.05, 3.63) is 16.7 Å². The van der Waals surface area contributed by atoms with Crippen LogP contribution in [0, 0.1) is 0 Å². The second-order valence-electron chi connectivity index (χ2n) is 2.32. The summed E-state index contributed by atoms with van der Waals surface area (Å²) in [5.74, 6) is 1.23. The van der Waals surface area contributed by atoms with Crippen molar-refractivity contribution in [2.75, 3.05) is 13.2 Å². The lowest BCUT2D eigenvalue weighted by molar-refractivity contribution is 0.278. The molecule has 1 heterocycles. The van der Waals surface area contributed by atoms with E-state index in [4.69, 9.17) is 9.47 Å². The van der Waals surface area contributed by atoms with Crippen LogP contribution in [0.25, 0.3) is 0 Å². The molecule has 0 amide bonds. The Labute approximate surface area is 86.2 Å². The van der Waals surface area contributed by atoms with Crippen molar-refractivity contribution in [3.8, 4) is 11.6 Å². The van der Waals surface area contributed by atoms with E-state index in [0.717, 1.165) is 4.47 Å². The van der Waals surface area contributed by atoms with Gasteiger partial charge in [0.1, 0.15) is 0 Å². The predicted octanol–water partition coefficient (Wildman–Crippen LogP) is 2.64. The van der Waals surface area contributed by atoms with Crippen LogP contribution in [0.15, 0.2) is 16.7 Å². The van der Waals surface area contributed by atoms with Gasteiger partial charge in [-0.25, -0.2) is 4.98 Å². The number of hydrogen-bond donors (Lipinski definition) is 0. The lowest BCUT2D eigenvalue weighted by Gasteiger charge is -2.08. The van der Waals surface area contributed by atoms with Crippen LogP contribution in [-0.2, 0) is 0 Å². The minimum atomic E-state index is 0.549. The van der Waals surface area contributed by atoms with E-state index in [2.05, 4.69) is 20.9 Å². The van der Waals surface area contributed by atoms with E-state index in [-0.39, 0.29) is 0 Å². The van der Waals surface area contributed by atoms with Gasteiger partial charge in [0.05, 0.1) is 13.2 Å². The standard InChI is InChI=1S/C9H12BrNO2/c1-3-12-8-5-7(10)6-11-9(8)13-4-2/h5-6H,3-4H2,1-2H3. The molecule has 13 heavy (non-hydrogen) atoms. The first kappa shape index (κ1) is 10.3. The first-order valence-corrected chi connectivity index (χ1v) is 4.98. The van der Waals surface area contributed by atoms with Crippen LogP contribution < -0.4 is 9.47 Å². The molecule has 4 heteroatoms. The monoisotopic (exact) mass is 245 g/mol. The van der Waals surface area contributed by atoms with Gasteiger partial charge in [0.25, 0.3) is 5.88 Å². The first-order chi connectivity index (χ1) is 6.27. The average molecular weight is 246 g/mol. The summed E-state index contributed by atoms with van der Waals surface area (Å²) in [5, 5.41) is 0. The highest BCUT2D eigenvalue weighted by Crippen LogP contribution is 2.27. The fourth-order valence-corrected chi connectivity index (χ4v) is 1.22. The number of hydrogen-bond acceptors (Lipinski definition) is 3. The van der Waals surface area contributed by atoms with E-state index in [0.29, 0.717) is 24.8 Å². The lowest BCUT2D eigenvalue weighted by Crippen LogP contribution is -2.00. The van der Waals surface area contributed by atoms with Gasteiger partial charge in [0.2, 0.25) is 0 Å². The van der Waals surface area contributed by atoms with Gasteiger partial charge < -0.3 is 9.47 Å². The third kappa shape index (κ3) is 2.88. The van der Waals surface area contributed by atoms with Gasteiger partial charge in [-0.05, 0) is 29.8 Å². The molecule has 0 saturated heterocycles. The van der Waals surface area contributed by atoms with Gasteiger partial charge >= 0.3 is 0 Å². The first-order valence-electron chi connectivity index (χ1n) is 4.19. The topological polar surface area (TPSA) is 31.4 Å². The molecule has 0 atom stereocenters. The molecule has 0 saturated carbocycles. The molecular formula is C9H12BrNO2. The van der Waals surface area contributed by atoms with E-state index in [1.807, 2.05) is 19.9 Å². The van der Waals surface area contributed by atoms with Crippen LogP contribution in [0.5, 0.6) is 11.6 Å². The summed E-state index contributed by atoms with van der Waals surface area (Å²) < 4.78 is 11.5. The molecule has 0 bridgehead atoms. The summed E-state index contributed by atoms with van der Waals surface area (Å²) in [6, 6.07) is 1.85. The summed E-state index contributed by atoms with van der Waals surface area (Å²) in [4.78, 5) is 4.09. The predicted molar refractivity (Wildman–Crippen MR) is 54.3 cm³/mol. The van der Waals surface area contributed by atoms with Crippen molar-refractivity contribution in [1.29, 1.82) is 0 Å². The summed E-state index contributed by atoms with van der Waals surface area (Å²) in [6.07, 6.45) is 1.69. The largest absolute Gasteiger partial charge is 0.488 e. The minimum absolute atomic E-state index is 0.549. The molecule has 0 aliphatic rings. The highest BCUT2D eigenvalue weighted by atomic mass is 79.9. The lowest BCUT2D eigenvalue weighted by atomic mass is 10.4. The van der Waals surface area contributed by atoms with E-state index in [9.17, 15) is 0 Å². The van der Waals surface area contributed by atoms with Gasteiger partial charge in [0, 0.05) is 16.7 Å². The second kappa shape index (κ2) is 5.07. The van der Waals surface area contributed by atoms with E-state index in [1.54, 1.807) is 6.20 Å². The molecule has 0 unspecified atom stereocenters. The van der Waals surface area contributed by atoms with Crippen LogP contribution in [0.1, 0.15) is 13.8 Å². The molecule has 0 spiro atoms. The zero-order chi connectivity index (χ0) is 9.68. The number of pyridine rings is 1. The molecule has 0 N–H and O–H groups in total. The zero-order valence-electron chi connectivity index (χ0n) is 7.71. The zero-order valence-corrected chi connectivity index (χ0v) is 9.30. The van der Waals surface area contributed by atoms with Gasteiger partial charge in [-0.2, -0.15) is 0 Å². The molecule has 1 aromatic rings. The van der Waals surface area contributed by atoms with Crippen molar-refractivity contribution in [2.45, 2.75) is 13.8 Å². The number of aromatic nitrogens is 1. The molecule has 0 aliphatic carbocycles. The quantitative estimate of drug-likeness (QED) is 0.818. The van der Waals surface area contributed by atoms with Crippen LogP contribution >= 0.6 is 15.9 Å². The van der Waals surface area contributed by atoms with E-state index in [1.165, 1.54) is 0 Å². The molecule has 1 aromatic heterocycles. The van der Waals surface area contributed by atoms with Crippen LogP contribution in [0.2, 0.25) is 0 Å². The van der Waals surface area contributed by atoms with Crippen molar-refractivity contribution < 1.29 is 9.47 Å². The van der Waals surface area contributed by atoms with E-state index >= 15 is 0 Å². The Bertz CT molecular complexity index is 278. The number of nitrogens with zero attached hydrogens (tertiary/aromatic N) is 1. The molecule has 1 rings (SSSR count). The molecule has 0 aliphatic heterocycles. The molecule has 0 aromatic carbocycles. The maximum Gasteiger partial charge on any atom is 0.257 e. The number of ether oxygens (including phenoxy) is 2. The molecule has 3 nitrogen and oxygen atoms in total. The van der Waals surface area contributed by atoms with Gasteiger partial charge in [-0.3, -0.25) is 0 Å². The van der Waals surface area contributed by atoms with Gasteiger partial charge in [0.15, 0.2) is 5.75 Å². The van der Waals surface area contributed by atoms with Crippen LogP contribution in [-0.4, -0.2) is 18.2 Å². The highest BCUT2D eigenvalue weighted by molar-refractivity contribution is 9.10. The smallest absolute Gasteiger partial charge is 0.257 e. The SMILES string of the molecule is CCOc1cc(Br)cnc1OCC. The molecular weight excluding hydrogens is 234 g/mol. The summed E-state index contributed by atoms with van der Waals surface area (Å²) in [6.45, 7) is 5.04. The Morgan fingerprint density at radius 3 is 2.62 bits per heavy atom. The fraction of sp³-hybridized carbons (Fsp3) is 0.444. The maximum absolute atomic E-state index is 5.35. The molecule has 0 radical (unpaired) electrons. The summed E-state index contributed by atoms with van der Waals surface area (Å²) in [5.41, 5.74) is 0. The van der Waals surface area contributed by atoms with E-state index < -0.39 is 0 Å². The third-order valence-corrected chi connectivity index (χ3v) is 1.80. The van der Waals surface area contributed by atoms with Crippen molar-refractivity contribution >= 4 is 15.9 Å². The van der Waals surface area contributed by atoms with Crippen LogP contribution in [0.4, 0.5) is 0 Å². The Morgan fingerprint density at radius 1 is 1.31 bits per heavy atom. The second-order valence-corrected chi connectivity index (χ2v) is 3.24. The van der Waals surface area contributed by atoms with Gasteiger partial charge in [-0.1, -0.05) is 0 Å². The highest BCUT2D eigenvalue weighted by Gasteiger charge is 2.05. The average Bonchev–Trinajstić information content (AvgIpc) is 2.10. The van der Waals surface area contributed by atoms with Gasteiger partial charge in [-0.15, -0.1) is 0 Å². The Balaban J connectivity index is 2.89. The van der Waals surface area contributed by atoms with Crippen LogP contribution in [0.3, 0.4) is 0 Å². The normalized spacial score (nSPS) is 9.77. The fourth-order valence-electron chi connectivity index (χ4n) is 0.912. The third-order valence-electron chi connectivity index (χ3n) is 1.37. The number of halogens is 1. The van der Waals surface area contributed by atoms with Crippen molar-refractivity contribution in [2.24, 2.45) is 0 Å². The molecule has 0 fully saturated rings. The van der Waals surface area contributed by atoms with Crippen molar-refractivity contribution in [1.82, 2.24) is 4.98 Å². The Morgan fingerprint density at radius 2 is 2.00 bits per heavy atom.